The van der Waals surface area contributed by atoms with Crippen LogP contribution in [0.4, 0.5) is 17.1 Å². The van der Waals surface area contributed by atoms with Gasteiger partial charge in [-0.05, 0) is 121 Å². The highest BCUT2D eigenvalue weighted by molar-refractivity contribution is 6.34. The van der Waals surface area contributed by atoms with Crippen molar-refractivity contribution in [1.82, 2.24) is 0 Å². The van der Waals surface area contributed by atoms with E-state index in [0.717, 1.165) is 33.6 Å². The highest BCUT2D eigenvalue weighted by Gasteiger charge is 2.18. The smallest absolute Gasteiger partial charge is 0.136 e. The number of hydrogen-bond donors (Lipinski definition) is 0. The zero-order chi connectivity index (χ0) is 35.6. The van der Waals surface area contributed by atoms with Crippen molar-refractivity contribution < 1.29 is 4.42 Å². The minimum absolute atomic E-state index is 0.919. The summed E-state index contributed by atoms with van der Waals surface area (Å²) in [5.41, 5.74) is 9.92. The fourth-order valence-corrected chi connectivity index (χ4v) is 8.46. The van der Waals surface area contributed by atoms with Crippen molar-refractivity contribution in [3.8, 4) is 22.3 Å². The second-order valence-electron chi connectivity index (χ2n) is 14.1. The molecule has 0 bridgehead atoms. The van der Waals surface area contributed by atoms with Crippen LogP contribution in [-0.4, -0.2) is 0 Å². The Morgan fingerprint density at radius 3 is 1.74 bits per heavy atom. The molecule has 1 aromatic heterocycles. The van der Waals surface area contributed by atoms with Gasteiger partial charge in [0.1, 0.15) is 11.2 Å². The Labute approximate surface area is 312 Å². The quantitative estimate of drug-likeness (QED) is 0.168. The van der Waals surface area contributed by atoms with E-state index < -0.39 is 0 Å². The molecule has 0 aliphatic carbocycles. The number of furan rings is 1. The molecule has 2 heteroatoms. The minimum Gasteiger partial charge on any atom is -0.456 e. The van der Waals surface area contributed by atoms with Crippen molar-refractivity contribution >= 4 is 82.1 Å². The van der Waals surface area contributed by atoms with Gasteiger partial charge in [0.25, 0.3) is 0 Å². The van der Waals surface area contributed by atoms with Gasteiger partial charge in [0.2, 0.25) is 0 Å². The Hall–Kier alpha value is -7.16. The molecule has 11 rings (SSSR count). The molecule has 2 nitrogen and oxygen atoms in total. The van der Waals surface area contributed by atoms with Crippen LogP contribution in [0.2, 0.25) is 0 Å². The third kappa shape index (κ3) is 4.88. The van der Waals surface area contributed by atoms with Crippen molar-refractivity contribution in [2.45, 2.75) is 0 Å². The Bertz CT molecular complexity index is 3210. The SMILES string of the molecule is c1ccc(-c2cccc(N(c3ccc(-c4ccc5c6ccccc6c6c(ccc7oc8ccccc8c76)c5c4)cc3)c3ccc4ccccc4c3)c2)cc1. The zero-order valence-electron chi connectivity index (χ0n) is 29.4. The van der Waals surface area contributed by atoms with Gasteiger partial charge in [-0.1, -0.05) is 140 Å². The highest BCUT2D eigenvalue weighted by Crippen LogP contribution is 2.44. The van der Waals surface area contributed by atoms with Gasteiger partial charge in [0, 0.05) is 33.2 Å². The summed E-state index contributed by atoms with van der Waals surface area (Å²) in [4.78, 5) is 2.36. The number of para-hydroxylation sites is 1. The third-order valence-corrected chi connectivity index (χ3v) is 11.0. The third-order valence-electron chi connectivity index (χ3n) is 11.0. The number of rotatable bonds is 5. The maximum absolute atomic E-state index is 6.35. The molecule has 0 N–H and O–H groups in total. The maximum atomic E-state index is 6.35. The van der Waals surface area contributed by atoms with E-state index in [1.807, 2.05) is 6.07 Å². The lowest BCUT2D eigenvalue weighted by Gasteiger charge is -2.26. The van der Waals surface area contributed by atoms with Crippen LogP contribution in [0.3, 0.4) is 0 Å². The van der Waals surface area contributed by atoms with E-state index in [4.69, 9.17) is 4.42 Å². The zero-order valence-corrected chi connectivity index (χ0v) is 29.4. The second-order valence-corrected chi connectivity index (χ2v) is 14.1. The van der Waals surface area contributed by atoms with Gasteiger partial charge in [-0.3, -0.25) is 0 Å². The molecule has 10 aromatic carbocycles. The Balaban J connectivity index is 1.07. The van der Waals surface area contributed by atoms with E-state index in [1.54, 1.807) is 0 Å². The normalized spacial score (nSPS) is 11.7. The first-order chi connectivity index (χ1) is 26.8. The molecule has 0 saturated heterocycles. The van der Waals surface area contributed by atoms with E-state index >= 15 is 0 Å². The summed E-state index contributed by atoms with van der Waals surface area (Å²) < 4.78 is 6.35. The fraction of sp³-hybridized carbons (Fsp3) is 0. The summed E-state index contributed by atoms with van der Waals surface area (Å²) in [5, 5.41) is 12.3. The molecule has 0 unspecified atom stereocenters. The average Bonchev–Trinajstić information content (AvgIpc) is 3.63. The van der Waals surface area contributed by atoms with Crippen molar-refractivity contribution in [3.05, 3.63) is 200 Å². The molecular weight excluding hydrogens is 655 g/mol. The van der Waals surface area contributed by atoms with Crippen molar-refractivity contribution in [2.24, 2.45) is 0 Å². The predicted molar refractivity (Wildman–Crippen MR) is 229 cm³/mol. The summed E-state index contributed by atoms with van der Waals surface area (Å²) in [6.45, 7) is 0. The summed E-state index contributed by atoms with van der Waals surface area (Å²) in [7, 11) is 0. The van der Waals surface area contributed by atoms with Crippen LogP contribution in [0.1, 0.15) is 0 Å². The minimum atomic E-state index is 0.919. The molecule has 1 heterocycles. The van der Waals surface area contributed by atoms with E-state index in [1.165, 1.54) is 70.7 Å². The Kier molecular flexibility index (Phi) is 6.90. The van der Waals surface area contributed by atoms with Gasteiger partial charge in [0.05, 0.1) is 0 Å². The van der Waals surface area contributed by atoms with Crippen molar-refractivity contribution in [2.75, 3.05) is 4.90 Å². The first kappa shape index (κ1) is 30.5. The fourth-order valence-electron chi connectivity index (χ4n) is 8.46. The van der Waals surface area contributed by atoms with Gasteiger partial charge in [-0.15, -0.1) is 0 Å². The van der Waals surface area contributed by atoms with Gasteiger partial charge in [-0.2, -0.15) is 0 Å². The van der Waals surface area contributed by atoms with Crippen LogP contribution >= 0.6 is 0 Å². The van der Waals surface area contributed by atoms with E-state index in [2.05, 4.69) is 199 Å². The van der Waals surface area contributed by atoms with Crippen LogP contribution in [-0.2, 0) is 0 Å². The summed E-state index contributed by atoms with van der Waals surface area (Å²) in [6, 6.07) is 72.3. The van der Waals surface area contributed by atoms with Crippen molar-refractivity contribution in [3.63, 3.8) is 0 Å². The van der Waals surface area contributed by atoms with Crippen LogP contribution in [0.15, 0.2) is 205 Å². The molecule has 0 amide bonds. The van der Waals surface area contributed by atoms with Gasteiger partial charge in [0.15, 0.2) is 0 Å². The first-order valence-electron chi connectivity index (χ1n) is 18.5. The molecule has 0 fully saturated rings. The largest absolute Gasteiger partial charge is 0.456 e. The molecule has 11 aromatic rings. The lowest BCUT2D eigenvalue weighted by Crippen LogP contribution is -2.10. The average molecular weight is 688 g/mol. The maximum Gasteiger partial charge on any atom is 0.136 e. The van der Waals surface area contributed by atoms with Crippen LogP contribution in [0.5, 0.6) is 0 Å². The molecule has 0 saturated carbocycles. The van der Waals surface area contributed by atoms with Crippen molar-refractivity contribution in [1.29, 1.82) is 0 Å². The lowest BCUT2D eigenvalue weighted by molar-refractivity contribution is 0.669. The summed E-state index contributed by atoms with van der Waals surface area (Å²) in [6.07, 6.45) is 0. The van der Waals surface area contributed by atoms with Crippen LogP contribution in [0, 0.1) is 0 Å². The van der Waals surface area contributed by atoms with Gasteiger partial charge in [-0.25, -0.2) is 0 Å². The summed E-state index contributed by atoms with van der Waals surface area (Å²) in [5.74, 6) is 0. The standard InChI is InChI=1S/C52H33NO/c1-2-11-34(12-3-1)38-15-10-16-41(31-38)53(42-27-23-35-13-4-5-14-37(35)32-42)40-25-21-36(22-26-40)39-24-28-44-43-17-6-7-18-45(43)51-46(48(44)33-39)29-30-50-52(51)47-19-8-9-20-49(47)54-50/h1-33H. The van der Waals surface area contributed by atoms with Crippen LogP contribution in [0.25, 0.3) is 87.3 Å². The topological polar surface area (TPSA) is 16.4 Å². The monoisotopic (exact) mass is 687 g/mol. The molecule has 0 spiro atoms. The molecular formula is C52H33NO. The lowest BCUT2D eigenvalue weighted by atomic mass is 9.90. The molecule has 0 aliphatic rings. The number of nitrogens with zero attached hydrogens (tertiary/aromatic N) is 1. The molecule has 54 heavy (non-hydrogen) atoms. The highest BCUT2D eigenvalue weighted by atomic mass is 16.3. The first-order valence-corrected chi connectivity index (χ1v) is 18.5. The van der Waals surface area contributed by atoms with E-state index in [-0.39, 0.29) is 0 Å². The Morgan fingerprint density at radius 1 is 0.278 bits per heavy atom. The number of hydrogen-bond acceptors (Lipinski definition) is 2. The second kappa shape index (κ2) is 12.2. The number of fused-ring (bicyclic) bond motifs is 11. The Morgan fingerprint density at radius 2 is 0.870 bits per heavy atom. The van der Waals surface area contributed by atoms with Gasteiger partial charge >= 0.3 is 0 Å². The molecule has 252 valence electrons. The van der Waals surface area contributed by atoms with Gasteiger partial charge < -0.3 is 9.32 Å². The number of anilines is 3. The summed E-state index contributed by atoms with van der Waals surface area (Å²) >= 11 is 0. The predicted octanol–water partition coefficient (Wildman–Crippen LogP) is 15.0. The van der Waals surface area contributed by atoms with E-state index in [9.17, 15) is 0 Å². The molecule has 0 radical (unpaired) electrons. The molecule has 0 atom stereocenters. The van der Waals surface area contributed by atoms with Crippen LogP contribution < -0.4 is 4.90 Å². The van der Waals surface area contributed by atoms with E-state index in [0.29, 0.717) is 0 Å². The number of benzene rings is 10. The molecule has 0 aliphatic heterocycles.